The lowest BCUT2D eigenvalue weighted by Crippen LogP contribution is -2.47. The third kappa shape index (κ3) is 4.40. The molecule has 30 heavy (non-hydrogen) atoms. The molecule has 2 N–H and O–H groups in total. The fraction of sp³-hybridized carbons (Fsp3) is 0.350. The molecule has 3 rings (SSSR count). The number of hydrogen-bond donors (Lipinski definition) is 1. The Hall–Kier alpha value is -3.48. The molecule has 156 valence electrons. The summed E-state index contributed by atoms with van der Waals surface area (Å²) < 4.78 is 47.1. The summed E-state index contributed by atoms with van der Waals surface area (Å²) in [6.07, 6.45) is -0.891. The van der Waals surface area contributed by atoms with Gasteiger partial charge in [-0.2, -0.15) is 5.26 Å². The molecule has 3 heterocycles. The summed E-state index contributed by atoms with van der Waals surface area (Å²) in [5, 5.41) is 8.80. The Labute approximate surface area is 170 Å². The molecule has 0 bridgehead atoms. The van der Waals surface area contributed by atoms with Crippen LogP contribution in [0.4, 0.5) is 13.2 Å². The van der Waals surface area contributed by atoms with Crippen molar-refractivity contribution in [3.8, 4) is 6.07 Å². The van der Waals surface area contributed by atoms with Crippen molar-refractivity contribution in [3.63, 3.8) is 0 Å². The molecular formula is C20H18F3N5O2. The SMILES string of the molecule is CC(F)(F)[C@@H]1C[C@@](C)(c2nc(CC(=O)c3ccc(C#N)cn3)ccc2F)N=C(N)O1. The summed E-state index contributed by atoms with van der Waals surface area (Å²) in [6.45, 7) is 2.11. The number of carbonyl (C=O) groups excluding carboxylic acids is 1. The van der Waals surface area contributed by atoms with Gasteiger partial charge in [0.2, 0.25) is 0 Å². The third-order valence-electron chi connectivity index (χ3n) is 4.70. The number of alkyl halides is 2. The lowest BCUT2D eigenvalue weighted by atomic mass is 9.87. The van der Waals surface area contributed by atoms with Crippen molar-refractivity contribution < 1.29 is 22.7 Å². The number of ether oxygens (including phenoxy) is 1. The molecule has 2 atom stereocenters. The average Bonchev–Trinajstić information content (AvgIpc) is 2.68. The molecule has 0 saturated carbocycles. The third-order valence-corrected chi connectivity index (χ3v) is 4.70. The lowest BCUT2D eigenvalue weighted by Gasteiger charge is -2.36. The van der Waals surface area contributed by atoms with Crippen molar-refractivity contribution in [2.45, 2.75) is 44.3 Å². The standard InChI is InChI=1S/C20H18F3N5O2/c1-19(8-16(20(2,22)23)30-18(25)28-19)17-13(21)5-4-12(27-17)7-15(29)14-6-3-11(9-24)10-26-14/h3-6,10,16H,7-8H2,1-2H3,(H2,25,28)/t16-,19-/m0/s1. The minimum absolute atomic E-state index is 0.118. The Morgan fingerprint density at radius 1 is 1.40 bits per heavy atom. The number of ketones is 1. The van der Waals surface area contributed by atoms with E-state index in [1.54, 1.807) is 0 Å². The van der Waals surface area contributed by atoms with Crippen molar-refractivity contribution in [1.82, 2.24) is 9.97 Å². The highest BCUT2D eigenvalue weighted by molar-refractivity contribution is 5.95. The van der Waals surface area contributed by atoms with Crippen LogP contribution in [0, 0.1) is 17.1 Å². The average molecular weight is 417 g/mol. The van der Waals surface area contributed by atoms with Crippen LogP contribution in [0.1, 0.15) is 47.7 Å². The first kappa shape index (κ1) is 21.2. The Morgan fingerprint density at radius 3 is 2.73 bits per heavy atom. The normalized spacial score (nSPS) is 21.3. The highest BCUT2D eigenvalue weighted by Gasteiger charge is 2.47. The number of nitrogens with two attached hydrogens (primary N) is 1. The zero-order valence-electron chi connectivity index (χ0n) is 16.2. The largest absolute Gasteiger partial charge is 0.456 e. The molecule has 0 aromatic carbocycles. The molecule has 0 aliphatic carbocycles. The first-order chi connectivity index (χ1) is 14.0. The molecule has 7 nitrogen and oxygen atoms in total. The summed E-state index contributed by atoms with van der Waals surface area (Å²) in [5.74, 6) is -4.39. The maximum atomic E-state index is 14.6. The molecule has 10 heteroatoms. The van der Waals surface area contributed by atoms with Crippen LogP contribution in [-0.2, 0) is 16.7 Å². The topological polar surface area (TPSA) is 114 Å². The molecule has 2 aromatic heterocycles. The van der Waals surface area contributed by atoms with Crippen LogP contribution < -0.4 is 5.73 Å². The molecule has 2 aromatic rings. The van der Waals surface area contributed by atoms with E-state index in [0.717, 1.165) is 6.07 Å². The molecule has 0 unspecified atom stereocenters. The maximum Gasteiger partial charge on any atom is 0.283 e. The van der Waals surface area contributed by atoms with Crippen molar-refractivity contribution in [2.75, 3.05) is 0 Å². The number of nitrogens with zero attached hydrogens (tertiary/aromatic N) is 4. The van der Waals surface area contributed by atoms with Gasteiger partial charge in [0.15, 0.2) is 11.9 Å². The van der Waals surface area contributed by atoms with Crippen LogP contribution in [0.2, 0.25) is 0 Å². The van der Waals surface area contributed by atoms with Crippen LogP contribution in [-0.4, -0.2) is 33.8 Å². The van der Waals surface area contributed by atoms with Crippen LogP contribution in [0.5, 0.6) is 0 Å². The van der Waals surface area contributed by atoms with E-state index in [1.165, 1.54) is 31.3 Å². The molecule has 0 fully saturated rings. The fourth-order valence-corrected chi connectivity index (χ4v) is 3.13. The van der Waals surface area contributed by atoms with E-state index < -0.39 is 35.2 Å². The molecule has 0 amide bonds. The van der Waals surface area contributed by atoms with Gasteiger partial charge in [-0.15, -0.1) is 0 Å². The van der Waals surface area contributed by atoms with Crippen LogP contribution in [0.3, 0.4) is 0 Å². The number of pyridine rings is 2. The van der Waals surface area contributed by atoms with Gasteiger partial charge in [0.25, 0.3) is 11.9 Å². The van der Waals surface area contributed by atoms with Gasteiger partial charge in [-0.1, -0.05) is 0 Å². The van der Waals surface area contributed by atoms with E-state index in [1.807, 2.05) is 6.07 Å². The van der Waals surface area contributed by atoms with E-state index >= 15 is 0 Å². The van der Waals surface area contributed by atoms with Crippen molar-refractivity contribution in [3.05, 3.63) is 58.9 Å². The van der Waals surface area contributed by atoms with Gasteiger partial charge in [0.05, 0.1) is 12.0 Å². The van der Waals surface area contributed by atoms with Crippen molar-refractivity contribution in [2.24, 2.45) is 10.7 Å². The number of Topliss-reactive ketones (excluding diaryl/α,β-unsaturated/α-hetero) is 1. The Morgan fingerprint density at radius 2 is 2.13 bits per heavy atom. The summed E-state index contributed by atoms with van der Waals surface area (Å²) in [4.78, 5) is 24.6. The Kier molecular flexibility index (Phi) is 5.48. The molecular weight excluding hydrogens is 399 g/mol. The van der Waals surface area contributed by atoms with Crippen LogP contribution in [0.25, 0.3) is 0 Å². The van der Waals surface area contributed by atoms with Crippen molar-refractivity contribution in [1.29, 1.82) is 5.26 Å². The van der Waals surface area contributed by atoms with E-state index in [2.05, 4.69) is 15.0 Å². The summed E-state index contributed by atoms with van der Waals surface area (Å²) >= 11 is 0. The monoisotopic (exact) mass is 417 g/mol. The number of carbonyl (C=O) groups is 1. The van der Waals surface area contributed by atoms with E-state index in [4.69, 9.17) is 15.7 Å². The summed E-state index contributed by atoms with van der Waals surface area (Å²) in [7, 11) is 0. The molecule has 1 aliphatic rings. The minimum atomic E-state index is -3.23. The molecule has 0 saturated heterocycles. The highest BCUT2D eigenvalue weighted by Crippen LogP contribution is 2.39. The van der Waals surface area contributed by atoms with Gasteiger partial charge < -0.3 is 10.5 Å². The fourth-order valence-electron chi connectivity index (χ4n) is 3.13. The number of rotatable bonds is 5. The van der Waals surface area contributed by atoms with Gasteiger partial charge in [-0.3, -0.25) is 14.8 Å². The number of halogens is 3. The van der Waals surface area contributed by atoms with Crippen molar-refractivity contribution >= 4 is 11.8 Å². The quantitative estimate of drug-likeness (QED) is 0.748. The van der Waals surface area contributed by atoms with Gasteiger partial charge in [-0.05, 0) is 31.2 Å². The Balaban J connectivity index is 1.90. The lowest BCUT2D eigenvalue weighted by molar-refractivity contribution is -0.103. The number of aromatic nitrogens is 2. The second-order valence-corrected chi connectivity index (χ2v) is 7.27. The highest BCUT2D eigenvalue weighted by atomic mass is 19.3. The predicted molar refractivity (Wildman–Crippen MR) is 100 cm³/mol. The zero-order valence-corrected chi connectivity index (χ0v) is 16.2. The van der Waals surface area contributed by atoms with Crippen LogP contribution in [0.15, 0.2) is 35.5 Å². The first-order valence-electron chi connectivity index (χ1n) is 8.97. The molecule has 0 spiro atoms. The smallest absolute Gasteiger partial charge is 0.283 e. The van der Waals surface area contributed by atoms with E-state index in [-0.39, 0.29) is 29.9 Å². The summed E-state index contributed by atoms with van der Waals surface area (Å²) in [6, 6.07) is 6.70. The van der Waals surface area contributed by atoms with E-state index in [9.17, 15) is 18.0 Å². The van der Waals surface area contributed by atoms with Gasteiger partial charge in [0.1, 0.15) is 28.8 Å². The van der Waals surface area contributed by atoms with Gasteiger partial charge in [0, 0.05) is 25.2 Å². The second-order valence-electron chi connectivity index (χ2n) is 7.27. The molecule has 0 radical (unpaired) electrons. The van der Waals surface area contributed by atoms with Crippen LogP contribution >= 0.6 is 0 Å². The first-order valence-corrected chi connectivity index (χ1v) is 8.97. The second kappa shape index (κ2) is 7.74. The predicted octanol–water partition coefficient (Wildman–Crippen LogP) is 2.89. The maximum absolute atomic E-state index is 14.6. The van der Waals surface area contributed by atoms with Gasteiger partial charge in [-0.25, -0.2) is 18.2 Å². The number of aliphatic imine (C=N–C) groups is 1. The summed E-state index contributed by atoms with van der Waals surface area (Å²) in [5.41, 5.74) is 4.49. The minimum Gasteiger partial charge on any atom is -0.456 e. The number of hydrogen-bond acceptors (Lipinski definition) is 7. The number of nitriles is 1. The Bertz CT molecular complexity index is 1040. The zero-order chi connectivity index (χ0) is 22.1. The van der Waals surface area contributed by atoms with E-state index in [0.29, 0.717) is 12.5 Å². The number of amidine groups is 1. The van der Waals surface area contributed by atoms with Gasteiger partial charge >= 0.3 is 0 Å². The molecule has 1 aliphatic heterocycles.